The second kappa shape index (κ2) is 7.75. The summed E-state index contributed by atoms with van der Waals surface area (Å²) in [5.41, 5.74) is 1.89. The Labute approximate surface area is 133 Å². The normalized spacial score (nSPS) is 17.3. The van der Waals surface area contributed by atoms with E-state index in [0.29, 0.717) is 0 Å². The van der Waals surface area contributed by atoms with Gasteiger partial charge < -0.3 is 14.2 Å². The van der Waals surface area contributed by atoms with Gasteiger partial charge in [0.2, 0.25) is 0 Å². The van der Waals surface area contributed by atoms with Crippen molar-refractivity contribution in [2.75, 3.05) is 39.3 Å². The van der Waals surface area contributed by atoms with E-state index < -0.39 is 0 Å². The fourth-order valence-electron chi connectivity index (χ4n) is 3.14. The molecule has 2 heterocycles. The number of likely N-dealkylation sites (N-methyl/N-ethyl adjacent to an activating group) is 1. The Morgan fingerprint density at radius 1 is 1.00 bits per heavy atom. The highest BCUT2D eigenvalue weighted by atomic mass is 16.3. The van der Waals surface area contributed by atoms with Gasteiger partial charge in [0.25, 0.3) is 0 Å². The van der Waals surface area contributed by atoms with E-state index in [9.17, 15) is 0 Å². The zero-order chi connectivity index (χ0) is 15.2. The summed E-state index contributed by atoms with van der Waals surface area (Å²) in [4.78, 5) is 9.67. The summed E-state index contributed by atoms with van der Waals surface area (Å²) in [6.45, 7) is 9.63. The minimum absolute atomic E-state index is 0.887. The van der Waals surface area contributed by atoms with Crippen molar-refractivity contribution >= 4 is 11.1 Å². The Morgan fingerprint density at radius 2 is 1.77 bits per heavy atom. The van der Waals surface area contributed by atoms with Crippen LogP contribution in [0.2, 0.25) is 0 Å². The molecule has 0 aliphatic carbocycles. The molecule has 0 radical (unpaired) electrons. The van der Waals surface area contributed by atoms with Crippen molar-refractivity contribution in [3.05, 3.63) is 30.2 Å². The summed E-state index contributed by atoms with van der Waals surface area (Å²) in [6, 6.07) is 8.00. The maximum Gasteiger partial charge on any atom is 0.195 e. The molecule has 4 nitrogen and oxygen atoms in total. The monoisotopic (exact) mass is 301 g/mol. The SMILES string of the molecule is CCN1CCN(CCCCCc2nc3ccccc3o2)CC1. The van der Waals surface area contributed by atoms with Crippen LogP contribution >= 0.6 is 0 Å². The molecular formula is C18H27N3O. The lowest BCUT2D eigenvalue weighted by molar-refractivity contribution is 0.135. The molecule has 0 bridgehead atoms. The molecule has 1 aliphatic rings. The van der Waals surface area contributed by atoms with Crippen LogP contribution in [-0.4, -0.2) is 54.1 Å². The van der Waals surface area contributed by atoms with E-state index in [1.165, 1.54) is 58.5 Å². The van der Waals surface area contributed by atoms with Gasteiger partial charge in [-0.2, -0.15) is 0 Å². The lowest BCUT2D eigenvalue weighted by Gasteiger charge is -2.33. The van der Waals surface area contributed by atoms with Crippen LogP contribution in [0.25, 0.3) is 11.1 Å². The Morgan fingerprint density at radius 3 is 2.55 bits per heavy atom. The predicted octanol–water partition coefficient (Wildman–Crippen LogP) is 3.18. The molecule has 1 fully saturated rings. The number of hydrogen-bond donors (Lipinski definition) is 0. The van der Waals surface area contributed by atoms with Crippen molar-refractivity contribution < 1.29 is 4.42 Å². The zero-order valence-electron chi connectivity index (χ0n) is 13.6. The Kier molecular flexibility index (Phi) is 5.46. The van der Waals surface area contributed by atoms with Gasteiger partial charge in [-0.05, 0) is 38.1 Å². The van der Waals surface area contributed by atoms with Gasteiger partial charge in [-0.25, -0.2) is 4.98 Å². The van der Waals surface area contributed by atoms with Gasteiger partial charge in [0.1, 0.15) is 5.52 Å². The van der Waals surface area contributed by atoms with Gasteiger partial charge in [-0.15, -0.1) is 0 Å². The number of nitrogens with zero attached hydrogens (tertiary/aromatic N) is 3. The molecule has 0 amide bonds. The first-order chi connectivity index (χ1) is 10.8. The lowest BCUT2D eigenvalue weighted by Crippen LogP contribution is -2.46. The molecule has 1 aliphatic heterocycles. The fourth-order valence-corrected chi connectivity index (χ4v) is 3.14. The van der Waals surface area contributed by atoms with Crippen LogP contribution in [0.3, 0.4) is 0 Å². The van der Waals surface area contributed by atoms with Crippen LogP contribution in [0, 0.1) is 0 Å². The number of unbranched alkanes of at least 4 members (excludes halogenated alkanes) is 2. The quantitative estimate of drug-likeness (QED) is 0.735. The summed E-state index contributed by atoms with van der Waals surface area (Å²) in [5.74, 6) is 0.887. The Bertz CT molecular complexity index is 539. The summed E-state index contributed by atoms with van der Waals surface area (Å²) >= 11 is 0. The standard InChI is InChI=1S/C18H27N3O/c1-2-20-12-14-21(15-13-20)11-7-3-4-10-18-19-16-8-5-6-9-17(16)22-18/h5-6,8-9H,2-4,7,10-15H2,1H3. The van der Waals surface area contributed by atoms with Crippen LogP contribution < -0.4 is 0 Å². The van der Waals surface area contributed by atoms with Crippen molar-refractivity contribution in [1.29, 1.82) is 0 Å². The summed E-state index contributed by atoms with van der Waals surface area (Å²) in [7, 11) is 0. The highest BCUT2D eigenvalue weighted by Crippen LogP contribution is 2.16. The third-order valence-electron chi connectivity index (χ3n) is 4.62. The Hall–Kier alpha value is -1.39. The van der Waals surface area contributed by atoms with Crippen molar-refractivity contribution in [3.8, 4) is 0 Å². The van der Waals surface area contributed by atoms with Crippen molar-refractivity contribution in [3.63, 3.8) is 0 Å². The molecule has 1 aromatic carbocycles. The maximum atomic E-state index is 5.76. The third-order valence-corrected chi connectivity index (χ3v) is 4.62. The average molecular weight is 301 g/mol. The van der Waals surface area contributed by atoms with Gasteiger partial charge in [-0.1, -0.05) is 25.5 Å². The number of fused-ring (bicyclic) bond motifs is 1. The molecule has 3 rings (SSSR count). The number of benzene rings is 1. The van der Waals surface area contributed by atoms with Crippen molar-refractivity contribution in [2.45, 2.75) is 32.6 Å². The average Bonchev–Trinajstić information content (AvgIpc) is 2.98. The van der Waals surface area contributed by atoms with E-state index in [2.05, 4.69) is 21.7 Å². The number of rotatable bonds is 7. The second-order valence-electron chi connectivity index (χ2n) is 6.16. The first kappa shape index (κ1) is 15.5. The second-order valence-corrected chi connectivity index (χ2v) is 6.16. The molecule has 0 saturated carbocycles. The molecule has 0 atom stereocenters. The number of para-hydroxylation sites is 2. The molecule has 0 spiro atoms. The van der Waals surface area contributed by atoms with E-state index in [1.54, 1.807) is 0 Å². The Balaban J connectivity index is 1.32. The molecule has 1 aromatic heterocycles. The number of oxazole rings is 1. The number of piperazine rings is 1. The fraction of sp³-hybridized carbons (Fsp3) is 0.611. The summed E-state index contributed by atoms with van der Waals surface area (Å²) in [6.07, 6.45) is 4.67. The van der Waals surface area contributed by atoms with Crippen molar-refractivity contribution in [1.82, 2.24) is 14.8 Å². The summed E-state index contributed by atoms with van der Waals surface area (Å²) in [5, 5.41) is 0. The number of aromatic nitrogens is 1. The summed E-state index contributed by atoms with van der Waals surface area (Å²) < 4.78 is 5.76. The van der Waals surface area contributed by atoms with E-state index in [4.69, 9.17) is 4.42 Å². The highest BCUT2D eigenvalue weighted by Gasteiger charge is 2.14. The molecule has 0 N–H and O–H groups in total. The van der Waals surface area contributed by atoms with Gasteiger partial charge in [-0.3, -0.25) is 0 Å². The minimum atomic E-state index is 0.887. The molecule has 120 valence electrons. The molecular weight excluding hydrogens is 274 g/mol. The predicted molar refractivity (Wildman–Crippen MR) is 90.1 cm³/mol. The van der Waals surface area contributed by atoms with Crippen LogP contribution in [-0.2, 0) is 6.42 Å². The molecule has 2 aromatic rings. The minimum Gasteiger partial charge on any atom is -0.441 e. The topological polar surface area (TPSA) is 32.5 Å². The van der Waals surface area contributed by atoms with Gasteiger partial charge in [0, 0.05) is 32.6 Å². The third kappa shape index (κ3) is 4.08. The molecule has 22 heavy (non-hydrogen) atoms. The molecule has 0 unspecified atom stereocenters. The smallest absolute Gasteiger partial charge is 0.195 e. The first-order valence-electron chi connectivity index (χ1n) is 8.64. The van der Waals surface area contributed by atoms with E-state index in [1.807, 2.05) is 24.3 Å². The maximum absolute atomic E-state index is 5.76. The van der Waals surface area contributed by atoms with E-state index in [0.717, 1.165) is 23.4 Å². The van der Waals surface area contributed by atoms with Crippen LogP contribution in [0.1, 0.15) is 32.1 Å². The van der Waals surface area contributed by atoms with Crippen LogP contribution in [0.15, 0.2) is 28.7 Å². The van der Waals surface area contributed by atoms with Crippen LogP contribution in [0.5, 0.6) is 0 Å². The first-order valence-corrected chi connectivity index (χ1v) is 8.64. The number of aryl methyl sites for hydroxylation is 1. The van der Waals surface area contributed by atoms with Crippen molar-refractivity contribution in [2.24, 2.45) is 0 Å². The van der Waals surface area contributed by atoms with Gasteiger partial charge >= 0.3 is 0 Å². The van der Waals surface area contributed by atoms with E-state index in [-0.39, 0.29) is 0 Å². The largest absolute Gasteiger partial charge is 0.441 e. The van der Waals surface area contributed by atoms with Gasteiger partial charge in [0.05, 0.1) is 0 Å². The molecule has 4 heteroatoms. The van der Waals surface area contributed by atoms with Gasteiger partial charge in [0.15, 0.2) is 11.5 Å². The van der Waals surface area contributed by atoms with E-state index >= 15 is 0 Å². The number of hydrogen-bond acceptors (Lipinski definition) is 4. The van der Waals surface area contributed by atoms with Crippen LogP contribution in [0.4, 0.5) is 0 Å². The highest BCUT2D eigenvalue weighted by molar-refractivity contribution is 5.72. The lowest BCUT2D eigenvalue weighted by atomic mass is 10.2. The molecule has 1 saturated heterocycles. The zero-order valence-corrected chi connectivity index (χ0v) is 13.6.